The molecule has 1 fully saturated rings. The molecule has 2 atom stereocenters. The van der Waals surface area contributed by atoms with Gasteiger partial charge in [0.15, 0.2) is 0 Å². The van der Waals surface area contributed by atoms with Crippen molar-refractivity contribution in [2.45, 2.75) is 38.7 Å². The molecule has 0 saturated heterocycles. The van der Waals surface area contributed by atoms with Gasteiger partial charge in [-0.1, -0.05) is 19.8 Å². The normalized spacial score (nSPS) is 31.3. The summed E-state index contributed by atoms with van der Waals surface area (Å²) in [5.41, 5.74) is 0. The molecular weight excluding hydrogens is 138 g/mol. The molecule has 1 aliphatic rings. The third-order valence-corrected chi connectivity index (χ3v) is 2.39. The summed E-state index contributed by atoms with van der Waals surface area (Å²) in [6, 6.07) is 2.01. The molecule has 0 radical (unpaired) electrons. The summed E-state index contributed by atoms with van der Waals surface area (Å²) < 4.78 is 5.38. The van der Waals surface area contributed by atoms with E-state index in [0.29, 0.717) is 12.0 Å². The van der Waals surface area contributed by atoms with Crippen LogP contribution in [0.3, 0.4) is 0 Å². The van der Waals surface area contributed by atoms with Crippen molar-refractivity contribution in [3.63, 3.8) is 0 Å². The van der Waals surface area contributed by atoms with Gasteiger partial charge < -0.3 is 4.74 Å². The van der Waals surface area contributed by atoms with Crippen molar-refractivity contribution in [3.05, 3.63) is 0 Å². The highest BCUT2D eigenvalue weighted by molar-refractivity contribution is 4.75. The van der Waals surface area contributed by atoms with Crippen molar-refractivity contribution in [3.8, 4) is 6.07 Å². The predicted octanol–water partition coefficient (Wildman–Crippen LogP) is 2.11. The topological polar surface area (TPSA) is 33.0 Å². The van der Waals surface area contributed by atoms with E-state index in [0.717, 1.165) is 6.42 Å². The number of rotatable bonds is 2. The van der Waals surface area contributed by atoms with E-state index in [-0.39, 0.29) is 6.61 Å². The highest BCUT2D eigenvalue weighted by Gasteiger charge is 2.21. The van der Waals surface area contributed by atoms with Crippen molar-refractivity contribution < 1.29 is 4.74 Å². The Kier molecular flexibility index (Phi) is 3.38. The molecule has 0 aliphatic heterocycles. The van der Waals surface area contributed by atoms with Gasteiger partial charge in [0.1, 0.15) is 6.61 Å². The maximum atomic E-state index is 8.31. The lowest BCUT2D eigenvalue weighted by atomic mass is 9.88. The number of hydrogen-bond acceptors (Lipinski definition) is 2. The lowest BCUT2D eigenvalue weighted by Crippen LogP contribution is -2.25. The first-order valence-corrected chi connectivity index (χ1v) is 4.33. The number of ether oxygens (including phenoxy) is 1. The number of nitriles is 1. The van der Waals surface area contributed by atoms with Gasteiger partial charge in [0.25, 0.3) is 0 Å². The second-order valence-electron chi connectivity index (χ2n) is 3.27. The van der Waals surface area contributed by atoms with Crippen LogP contribution in [0.25, 0.3) is 0 Å². The van der Waals surface area contributed by atoms with Gasteiger partial charge in [-0.15, -0.1) is 0 Å². The second-order valence-corrected chi connectivity index (χ2v) is 3.27. The summed E-state index contributed by atoms with van der Waals surface area (Å²) >= 11 is 0. The minimum atomic E-state index is 0.259. The van der Waals surface area contributed by atoms with Crippen LogP contribution in [0.2, 0.25) is 0 Å². The summed E-state index contributed by atoms with van der Waals surface area (Å²) in [7, 11) is 0. The molecule has 0 aromatic rings. The maximum Gasteiger partial charge on any atom is 0.134 e. The zero-order chi connectivity index (χ0) is 8.10. The third kappa shape index (κ3) is 2.51. The molecule has 0 N–H and O–H groups in total. The van der Waals surface area contributed by atoms with Crippen molar-refractivity contribution in [2.24, 2.45) is 5.92 Å². The molecule has 0 spiro atoms. The van der Waals surface area contributed by atoms with Crippen LogP contribution in [-0.4, -0.2) is 12.7 Å². The van der Waals surface area contributed by atoms with Crippen LogP contribution in [0.5, 0.6) is 0 Å². The predicted molar refractivity (Wildman–Crippen MR) is 43.0 cm³/mol. The highest BCUT2D eigenvalue weighted by atomic mass is 16.5. The largest absolute Gasteiger partial charge is 0.363 e. The van der Waals surface area contributed by atoms with E-state index in [9.17, 15) is 0 Å². The van der Waals surface area contributed by atoms with Crippen molar-refractivity contribution in [1.29, 1.82) is 5.26 Å². The summed E-state index contributed by atoms with van der Waals surface area (Å²) in [5.74, 6) is 0.650. The number of hydrogen-bond donors (Lipinski definition) is 0. The van der Waals surface area contributed by atoms with E-state index in [1.807, 2.05) is 6.07 Å². The van der Waals surface area contributed by atoms with Crippen LogP contribution in [0.4, 0.5) is 0 Å². The van der Waals surface area contributed by atoms with Gasteiger partial charge >= 0.3 is 0 Å². The molecule has 0 unspecified atom stereocenters. The minimum Gasteiger partial charge on any atom is -0.363 e. The van der Waals surface area contributed by atoms with Crippen LogP contribution < -0.4 is 0 Å². The average molecular weight is 153 g/mol. The SMILES string of the molecule is C[C@@H]1CCCC[C@H]1OCC#N. The van der Waals surface area contributed by atoms with Crippen molar-refractivity contribution in [1.82, 2.24) is 0 Å². The first-order valence-electron chi connectivity index (χ1n) is 4.33. The summed E-state index contributed by atoms with van der Waals surface area (Å²) in [6.07, 6.45) is 5.34. The van der Waals surface area contributed by atoms with E-state index in [4.69, 9.17) is 10.00 Å². The summed E-state index contributed by atoms with van der Waals surface area (Å²) in [5, 5.41) is 8.31. The average Bonchev–Trinajstić information content (AvgIpc) is 2.03. The van der Waals surface area contributed by atoms with Gasteiger partial charge in [0.2, 0.25) is 0 Å². The standard InChI is InChI=1S/C9H15NO/c1-8-4-2-3-5-9(8)11-7-6-10/h8-9H,2-5,7H2,1H3/t8-,9-/m1/s1. The van der Waals surface area contributed by atoms with Gasteiger partial charge in [-0.2, -0.15) is 5.26 Å². The fraction of sp³-hybridized carbons (Fsp3) is 0.889. The fourth-order valence-electron chi connectivity index (χ4n) is 1.67. The molecule has 2 heteroatoms. The van der Waals surface area contributed by atoms with Crippen LogP contribution in [-0.2, 0) is 4.74 Å². The Hall–Kier alpha value is -0.550. The number of nitrogens with zero attached hydrogens (tertiary/aromatic N) is 1. The van der Waals surface area contributed by atoms with E-state index >= 15 is 0 Å². The fourth-order valence-corrected chi connectivity index (χ4v) is 1.67. The van der Waals surface area contributed by atoms with Gasteiger partial charge in [-0.3, -0.25) is 0 Å². The van der Waals surface area contributed by atoms with Crippen molar-refractivity contribution >= 4 is 0 Å². The van der Waals surface area contributed by atoms with Crippen LogP contribution in [0.15, 0.2) is 0 Å². The monoisotopic (exact) mass is 153 g/mol. The molecule has 1 aliphatic carbocycles. The molecule has 2 nitrogen and oxygen atoms in total. The molecule has 1 saturated carbocycles. The summed E-state index contributed by atoms with van der Waals surface area (Å²) in [6.45, 7) is 2.47. The lowest BCUT2D eigenvalue weighted by Gasteiger charge is -2.27. The Morgan fingerprint density at radius 2 is 2.18 bits per heavy atom. The van der Waals surface area contributed by atoms with Crippen molar-refractivity contribution in [2.75, 3.05) is 6.61 Å². The molecule has 0 aromatic heterocycles. The van der Waals surface area contributed by atoms with Gasteiger partial charge in [0, 0.05) is 0 Å². The Morgan fingerprint density at radius 3 is 2.82 bits per heavy atom. The smallest absolute Gasteiger partial charge is 0.134 e. The molecule has 0 aromatic carbocycles. The van der Waals surface area contributed by atoms with Crippen LogP contribution in [0, 0.1) is 17.2 Å². The first-order chi connectivity index (χ1) is 5.34. The maximum absolute atomic E-state index is 8.31. The quantitative estimate of drug-likeness (QED) is 0.608. The molecule has 0 amide bonds. The molecule has 62 valence electrons. The zero-order valence-electron chi connectivity index (χ0n) is 7.05. The van der Waals surface area contributed by atoms with E-state index in [1.165, 1.54) is 19.3 Å². The molecular formula is C9H15NO. The van der Waals surface area contributed by atoms with Crippen LogP contribution >= 0.6 is 0 Å². The molecule has 1 rings (SSSR count). The Morgan fingerprint density at radius 1 is 1.45 bits per heavy atom. The van der Waals surface area contributed by atoms with E-state index in [1.54, 1.807) is 0 Å². The van der Waals surface area contributed by atoms with Gasteiger partial charge in [-0.05, 0) is 18.8 Å². The zero-order valence-corrected chi connectivity index (χ0v) is 7.05. The molecule has 0 bridgehead atoms. The Bertz CT molecular complexity index is 150. The van der Waals surface area contributed by atoms with E-state index in [2.05, 4.69) is 6.92 Å². The van der Waals surface area contributed by atoms with Gasteiger partial charge in [-0.25, -0.2) is 0 Å². The lowest BCUT2D eigenvalue weighted by molar-refractivity contribution is 0.0124. The van der Waals surface area contributed by atoms with Gasteiger partial charge in [0.05, 0.1) is 12.2 Å². The highest BCUT2D eigenvalue weighted by Crippen LogP contribution is 2.25. The Labute approximate surface area is 68.2 Å². The Balaban J connectivity index is 2.25. The van der Waals surface area contributed by atoms with Crippen LogP contribution in [0.1, 0.15) is 32.6 Å². The van der Waals surface area contributed by atoms with E-state index < -0.39 is 0 Å². The first kappa shape index (κ1) is 8.55. The molecule has 11 heavy (non-hydrogen) atoms. The minimum absolute atomic E-state index is 0.259. The summed E-state index contributed by atoms with van der Waals surface area (Å²) in [4.78, 5) is 0. The molecule has 0 heterocycles. The third-order valence-electron chi connectivity index (χ3n) is 2.39. The second kappa shape index (κ2) is 4.35.